The Morgan fingerprint density at radius 2 is 1.89 bits per heavy atom. The van der Waals surface area contributed by atoms with E-state index in [1.165, 1.54) is 6.33 Å². The van der Waals surface area contributed by atoms with Crippen molar-refractivity contribution in [1.82, 2.24) is 30.3 Å². The molecule has 1 saturated heterocycles. The number of ether oxygens (including phenoxy) is 1. The molecule has 0 spiro atoms. The van der Waals surface area contributed by atoms with Gasteiger partial charge in [0.1, 0.15) is 12.0 Å². The maximum absolute atomic E-state index is 14.2. The number of aromatic nitrogens is 5. The SMILES string of the molecule is O=C(NNc1ncc(F)c(N2CCOCC2)n1)c1ccc(Nc2cccc(-c3ccncn3)c2)cn1. The minimum Gasteiger partial charge on any atom is -0.378 e. The first-order valence-electron chi connectivity index (χ1n) is 11.2. The Kier molecular flexibility index (Phi) is 6.85. The maximum Gasteiger partial charge on any atom is 0.288 e. The first-order valence-corrected chi connectivity index (χ1v) is 11.2. The molecule has 1 aliphatic rings. The number of nitrogens with one attached hydrogen (secondary N) is 3. The lowest BCUT2D eigenvalue weighted by atomic mass is 10.1. The Bertz CT molecular complexity index is 1330. The van der Waals surface area contributed by atoms with Crippen LogP contribution in [0.1, 0.15) is 10.5 Å². The zero-order valence-electron chi connectivity index (χ0n) is 19.1. The topological polar surface area (TPSA) is 130 Å². The summed E-state index contributed by atoms with van der Waals surface area (Å²) in [7, 11) is 0. The van der Waals surface area contributed by atoms with Crippen molar-refractivity contribution in [2.45, 2.75) is 0 Å². The van der Waals surface area contributed by atoms with Gasteiger partial charge in [-0.25, -0.2) is 24.3 Å². The van der Waals surface area contributed by atoms with E-state index in [1.54, 1.807) is 29.4 Å². The summed E-state index contributed by atoms with van der Waals surface area (Å²) in [4.78, 5) is 34.8. The summed E-state index contributed by atoms with van der Waals surface area (Å²) in [6.45, 7) is 2.03. The fraction of sp³-hybridized carbons (Fsp3) is 0.167. The lowest BCUT2D eigenvalue weighted by molar-refractivity contribution is 0.0957. The molecule has 5 rings (SSSR count). The second-order valence-corrected chi connectivity index (χ2v) is 7.78. The van der Waals surface area contributed by atoms with Gasteiger partial charge in [-0.05, 0) is 30.3 Å². The number of morpholine rings is 1. The molecule has 0 atom stereocenters. The summed E-state index contributed by atoms with van der Waals surface area (Å²) >= 11 is 0. The lowest BCUT2D eigenvalue weighted by Gasteiger charge is -2.28. The number of nitrogens with zero attached hydrogens (tertiary/aromatic N) is 6. The number of carbonyl (C=O) groups is 1. The van der Waals surface area contributed by atoms with Gasteiger partial charge >= 0.3 is 0 Å². The average Bonchev–Trinajstić information content (AvgIpc) is 2.94. The van der Waals surface area contributed by atoms with Gasteiger partial charge in [-0.1, -0.05) is 12.1 Å². The van der Waals surface area contributed by atoms with E-state index in [2.05, 4.69) is 41.1 Å². The number of benzene rings is 1. The van der Waals surface area contributed by atoms with E-state index in [9.17, 15) is 9.18 Å². The predicted molar refractivity (Wildman–Crippen MR) is 131 cm³/mol. The van der Waals surface area contributed by atoms with Crippen molar-refractivity contribution in [3.63, 3.8) is 0 Å². The zero-order chi connectivity index (χ0) is 24.7. The maximum atomic E-state index is 14.2. The molecule has 36 heavy (non-hydrogen) atoms. The summed E-state index contributed by atoms with van der Waals surface area (Å²) in [5.74, 6) is -0.815. The summed E-state index contributed by atoms with van der Waals surface area (Å²) in [6, 6.07) is 12.9. The fourth-order valence-corrected chi connectivity index (χ4v) is 3.58. The highest BCUT2D eigenvalue weighted by Gasteiger charge is 2.18. The number of anilines is 4. The molecular weight excluding hydrogens is 465 g/mol. The highest BCUT2D eigenvalue weighted by molar-refractivity contribution is 5.93. The lowest BCUT2D eigenvalue weighted by Crippen LogP contribution is -2.38. The number of hydrogen-bond donors (Lipinski definition) is 3. The summed E-state index contributed by atoms with van der Waals surface area (Å²) < 4.78 is 19.5. The molecule has 4 aromatic rings. The van der Waals surface area contributed by atoms with Crippen LogP contribution in [-0.4, -0.2) is 57.1 Å². The molecule has 0 radical (unpaired) electrons. The van der Waals surface area contributed by atoms with Gasteiger partial charge in [0.25, 0.3) is 5.91 Å². The Balaban J connectivity index is 1.20. The summed E-state index contributed by atoms with van der Waals surface area (Å²) in [5.41, 5.74) is 8.58. The van der Waals surface area contributed by atoms with Crippen LogP contribution in [-0.2, 0) is 4.74 Å². The number of carbonyl (C=O) groups excluding carboxylic acids is 1. The molecule has 0 aliphatic carbocycles. The van der Waals surface area contributed by atoms with E-state index in [0.29, 0.717) is 32.0 Å². The largest absolute Gasteiger partial charge is 0.378 e. The number of pyridine rings is 1. The molecule has 3 N–H and O–H groups in total. The normalized spacial score (nSPS) is 13.2. The van der Waals surface area contributed by atoms with Crippen molar-refractivity contribution >= 4 is 29.0 Å². The molecule has 3 aromatic heterocycles. The van der Waals surface area contributed by atoms with Crippen molar-refractivity contribution in [1.29, 1.82) is 0 Å². The third kappa shape index (κ3) is 5.50. The number of halogens is 1. The first-order chi connectivity index (χ1) is 17.7. The van der Waals surface area contributed by atoms with Gasteiger partial charge in [0.15, 0.2) is 11.6 Å². The Labute approximate surface area is 205 Å². The van der Waals surface area contributed by atoms with E-state index in [-0.39, 0.29) is 17.5 Å². The van der Waals surface area contributed by atoms with Crippen molar-refractivity contribution in [3.05, 3.63) is 78.9 Å². The van der Waals surface area contributed by atoms with Crippen LogP contribution in [0.4, 0.5) is 27.5 Å². The molecule has 0 saturated carbocycles. The van der Waals surface area contributed by atoms with Crippen molar-refractivity contribution in [3.8, 4) is 11.3 Å². The van der Waals surface area contributed by atoms with Gasteiger partial charge in [0.2, 0.25) is 5.95 Å². The van der Waals surface area contributed by atoms with Gasteiger partial charge in [-0.3, -0.25) is 15.6 Å². The molecular formula is C24H22FN9O2. The minimum atomic E-state index is -0.541. The minimum absolute atomic E-state index is 0.0631. The van der Waals surface area contributed by atoms with Crippen molar-refractivity contribution in [2.24, 2.45) is 0 Å². The van der Waals surface area contributed by atoms with Gasteiger partial charge in [0.05, 0.1) is 37.0 Å². The summed E-state index contributed by atoms with van der Waals surface area (Å²) in [6.07, 6.45) is 5.81. The Hall–Kier alpha value is -4.71. The second-order valence-electron chi connectivity index (χ2n) is 7.78. The predicted octanol–water partition coefficient (Wildman–Crippen LogP) is 2.80. The zero-order valence-corrected chi connectivity index (χ0v) is 19.1. The second kappa shape index (κ2) is 10.7. The molecule has 0 bridgehead atoms. The molecule has 1 fully saturated rings. The standard InChI is InChI=1S/C24H22FN9O2/c25-19-14-28-24(31-22(19)34-8-10-36-11-9-34)33-32-23(35)21-5-4-18(13-27-21)30-17-3-1-2-16(12-17)20-6-7-26-15-29-20/h1-7,12-15,30H,8-11H2,(H,32,35)(H,28,31,33). The monoisotopic (exact) mass is 487 g/mol. The van der Waals surface area contributed by atoms with Crippen LogP contribution in [0.3, 0.4) is 0 Å². The highest BCUT2D eigenvalue weighted by atomic mass is 19.1. The van der Waals surface area contributed by atoms with Crippen LogP contribution in [0.5, 0.6) is 0 Å². The summed E-state index contributed by atoms with van der Waals surface area (Å²) in [5, 5.41) is 3.26. The molecule has 12 heteroatoms. The average molecular weight is 487 g/mol. The van der Waals surface area contributed by atoms with E-state index in [1.807, 2.05) is 30.3 Å². The quantitative estimate of drug-likeness (QED) is 0.335. The van der Waals surface area contributed by atoms with Crippen LogP contribution >= 0.6 is 0 Å². The molecule has 1 amide bonds. The van der Waals surface area contributed by atoms with Crippen molar-refractivity contribution in [2.75, 3.05) is 41.9 Å². The third-order valence-corrected chi connectivity index (χ3v) is 5.35. The van der Waals surface area contributed by atoms with Crippen LogP contribution in [0.2, 0.25) is 0 Å². The number of amides is 1. The van der Waals surface area contributed by atoms with Gasteiger partial charge < -0.3 is 15.0 Å². The van der Waals surface area contributed by atoms with Crippen LogP contribution in [0.25, 0.3) is 11.3 Å². The smallest absolute Gasteiger partial charge is 0.288 e. The molecule has 4 heterocycles. The molecule has 1 aromatic carbocycles. The highest BCUT2D eigenvalue weighted by Crippen LogP contribution is 2.23. The van der Waals surface area contributed by atoms with Gasteiger partial charge in [0, 0.05) is 30.5 Å². The van der Waals surface area contributed by atoms with E-state index in [0.717, 1.165) is 23.1 Å². The van der Waals surface area contributed by atoms with Gasteiger partial charge in [-0.15, -0.1) is 0 Å². The first kappa shape index (κ1) is 23.1. The van der Waals surface area contributed by atoms with Crippen molar-refractivity contribution < 1.29 is 13.9 Å². The molecule has 1 aliphatic heterocycles. The molecule has 11 nitrogen and oxygen atoms in total. The molecule has 182 valence electrons. The van der Waals surface area contributed by atoms with Gasteiger partial charge in [-0.2, -0.15) is 4.98 Å². The molecule has 0 unspecified atom stereocenters. The van der Waals surface area contributed by atoms with E-state index < -0.39 is 11.7 Å². The van der Waals surface area contributed by atoms with Crippen LogP contribution in [0, 0.1) is 5.82 Å². The fourth-order valence-electron chi connectivity index (χ4n) is 3.58. The van der Waals surface area contributed by atoms with E-state index in [4.69, 9.17) is 4.74 Å². The Morgan fingerprint density at radius 3 is 2.67 bits per heavy atom. The van der Waals surface area contributed by atoms with Crippen LogP contribution < -0.4 is 21.1 Å². The Morgan fingerprint density at radius 1 is 1.00 bits per heavy atom. The number of rotatable bonds is 7. The van der Waals surface area contributed by atoms with Crippen LogP contribution in [0.15, 0.2) is 67.4 Å². The number of hydrogen-bond acceptors (Lipinski definition) is 10. The van der Waals surface area contributed by atoms with E-state index >= 15 is 0 Å². The third-order valence-electron chi connectivity index (χ3n) is 5.35. The number of hydrazine groups is 1.